The summed E-state index contributed by atoms with van der Waals surface area (Å²) in [6.07, 6.45) is -0.103. The highest BCUT2D eigenvalue weighted by Gasteiger charge is 2.26. The van der Waals surface area contributed by atoms with Gasteiger partial charge in [-0.25, -0.2) is 4.98 Å². The summed E-state index contributed by atoms with van der Waals surface area (Å²) in [5, 5.41) is 18.7. The van der Waals surface area contributed by atoms with Crippen LogP contribution in [0.1, 0.15) is 11.1 Å². The first kappa shape index (κ1) is 19.2. The number of hydrogen-bond acceptors (Lipinski definition) is 6. The zero-order valence-corrected chi connectivity index (χ0v) is 16.5. The van der Waals surface area contributed by atoms with Crippen LogP contribution in [0.4, 0.5) is 5.82 Å². The van der Waals surface area contributed by atoms with Gasteiger partial charge in [-0.15, -0.1) is 0 Å². The molecular formula is C21H23N5O3. The molecule has 0 radical (unpaired) electrons. The van der Waals surface area contributed by atoms with Crippen LogP contribution in [0.25, 0.3) is 16.7 Å². The number of imidazole rings is 1. The maximum Gasteiger partial charge on any atom is 0.317 e. The quantitative estimate of drug-likeness (QED) is 0.707. The highest BCUT2D eigenvalue weighted by molar-refractivity contribution is 5.85. The predicted molar refractivity (Wildman–Crippen MR) is 109 cm³/mol. The van der Waals surface area contributed by atoms with E-state index in [1.54, 1.807) is 11.9 Å². The summed E-state index contributed by atoms with van der Waals surface area (Å²) in [7, 11) is 1.78. The number of aryl methyl sites for hydroxylation is 1. The fourth-order valence-corrected chi connectivity index (χ4v) is 3.98. The zero-order valence-electron chi connectivity index (χ0n) is 16.5. The van der Waals surface area contributed by atoms with Crippen LogP contribution in [0, 0.1) is 18.3 Å². The van der Waals surface area contributed by atoms with Crippen molar-refractivity contribution < 1.29 is 14.6 Å². The SMILES string of the molecule is Cc1cc(N2CCOC(CN(C)CC(=O)O)C2)n2c(nc3ccccc32)c1C#N. The van der Waals surface area contributed by atoms with E-state index in [1.807, 2.05) is 41.7 Å². The van der Waals surface area contributed by atoms with Crippen LogP contribution in [0.15, 0.2) is 30.3 Å². The molecule has 1 unspecified atom stereocenters. The van der Waals surface area contributed by atoms with Crippen LogP contribution in [0.3, 0.4) is 0 Å². The summed E-state index contributed by atoms with van der Waals surface area (Å²) in [5.74, 6) is 0.119. The lowest BCUT2D eigenvalue weighted by Gasteiger charge is -2.36. The number of carboxylic acids is 1. The average molecular weight is 393 g/mol. The largest absolute Gasteiger partial charge is 0.480 e. The van der Waals surface area contributed by atoms with Gasteiger partial charge in [0, 0.05) is 19.6 Å². The van der Waals surface area contributed by atoms with Gasteiger partial charge in [0.25, 0.3) is 0 Å². The topological polar surface area (TPSA) is 94.1 Å². The van der Waals surface area contributed by atoms with Crippen molar-refractivity contribution >= 4 is 28.5 Å². The molecule has 2 aromatic heterocycles. The molecule has 1 aliphatic heterocycles. The van der Waals surface area contributed by atoms with E-state index in [0.717, 1.165) is 22.4 Å². The van der Waals surface area contributed by atoms with Crippen LogP contribution in [0.2, 0.25) is 0 Å². The van der Waals surface area contributed by atoms with Gasteiger partial charge in [0.1, 0.15) is 11.9 Å². The first-order chi connectivity index (χ1) is 14.0. The van der Waals surface area contributed by atoms with Gasteiger partial charge in [-0.3, -0.25) is 14.1 Å². The van der Waals surface area contributed by atoms with Crippen molar-refractivity contribution in [3.8, 4) is 6.07 Å². The number of hydrogen-bond donors (Lipinski definition) is 1. The summed E-state index contributed by atoms with van der Waals surface area (Å²) in [5.41, 5.74) is 3.93. The number of nitriles is 1. The third kappa shape index (κ3) is 3.62. The zero-order chi connectivity index (χ0) is 20.5. The van der Waals surface area contributed by atoms with Gasteiger partial charge in [-0.2, -0.15) is 5.26 Å². The highest BCUT2D eigenvalue weighted by Crippen LogP contribution is 2.29. The fourth-order valence-electron chi connectivity index (χ4n) is 3.98. The number of para-hydroxylation sites is 2. The molecule has 3 heterocycles. The van der Waals surface area contributed by atoms with Crippen LogP contribution in [-0.2, 0) is 9.53 Å². The molecule has 0 bridgehead atoms. The smallest absolute Gasteiger partial charge is 0.317 e. The Morgan fingerprint density at radius 3 is 3.00 bits per heavy atom. The van der Waals surface area contributed by atoms with Crippen molar-refractivity contribution in [2.24, 2.45) is 0 Å². The molecular weight excluding hydrogens is 370 g/mol. The van der Waals surface area contributed by atoms with Crippen LogP contribution in [-0.4, -0.2) is 71.3 Å². The number of carbonyl (C=O) groups is 1. The van der Waals surface area contributed by atoms with E-state index in [9.17, 15) is 10.1 Å². The molecule has 3 aromatic rings. The molecule has 0 spiro atoms. The normalized spacial score (nSPS) is 17.2. The van der Waals surface area contributed by atoms with Gasteiger partial charge in [0.15, 0.2) is 5.65 Å². The number of nitrogens with zero attached hydrogens (tertiary/aromatic N) is 5. The van der Waals surface area contributed by atoms with Crippen molar-refractivity contribution in [3.63, 3.8) is 0 Å². The van der Waals surface area contributed by atoms with Crippen LogP contribution < -0.4 is 4.90 Å². The lowest BCUT2D eigenvalue weighted by atomic mass is 10.1. The third-order valence-electron chi connectivity index (χ3n) is 5.25. The number of rotatable bonds is 5. The van der Waals surface area contributed by atoms with Crippen molar-refractivity contribution in [1.29, 1.82) is 5.26 Å². The van der Waals surface area contributed by atoms with Gasteiger partial charge in [-0.1, -0.05) is 12.1 Å². The molecule has 1 N–H and O–H groups in total. The maximum atomic E-state index is 10.9. The Morgan fingerprint density at radius 1 is 1.45 bits per heavy atom. The summed E-state index contributed by atoms with van der Waals surface area (Å²) in [6.45, 7) is 4.35. The molecule has 4 rings (SSSR count). The van der Waals surface area contributed by atoms with E-state index in [1.165, 1.54) is 0 Å². The molecule has 1 aromatic carbocycles. The number of benzene rings is 1. The van der Waals surface area contributed by atoms with Crippen molar-refractivity contribution in [2.45, 2.75) is 13.0 Å². The Labute approximate surface area is 168 Å². The second kappa shape index (κ2) is 7.70. The van der Waals surface area contributed by atoms with Crippen LogP contribution >= 0.6 is 0 Å². The van der Waals surface area contributed by atoms with E-state index in [-0.39, 0.29) is 12.6 Å². The van der Waals surface area contributed by atoms with Crippen molar-refractivity contribution in [2.75, 3.05) is 44.7 Å². The molecule has 29 heavy (non-hydrogen) atoms. The minimum absolute atomic E-state index is 0.0216. The number of fused-ring (bicyclic) bond motifs is 3. The molecule has 150 valence electrons. The first-order valence-electron chi connectivity index (χ1n) is 9.55. The predicted octanol–water partition coefficient (Wildman–Crippen LogP) is 1.89. The number of pyridine rings is 1. The number of ether oxygens (including phenoxy) is 1. The molecule has 1 aliphatic rings. The maximum absolute atomic E-state index is 10.9. The Bertz CT molecular complexity index is 1120. The standard InChI is InChI=1S/C21H23N5O3/c1-14-9-19(25-7-8-29-15(12-25)11-24(2)13-20(27)28)26-18-6-4-3-5-17(18)23-21(26)16(14)10-22/h3-6,9,15H,7-8,11-13H2,1-2H3,(H,27,28). The Balaban J connectivity index is 1.73. The summed E-state index contributed by atoms with van der Waals surface area (Å²) < 4.78 is 7.93. The van der Waals surface area contributed by atoms with Crippen molar-refractivity contribution in [3.05, 3.63) is 41.5 Å². The van der Waals surface area contributed by atoms with E-state index < -0.39 is 5.97 Å². The first-order valence-corrected chi connectivity index (χ1v) is 9.55. The summed E-state index contributed by atoms with van der Waals surface area (Å²) in [4.78, 5) is 19.6. The molecule has 0 aliphatic carbocycles. The fraction of sp³-hybridized carbons (Fsp3) is 0.381. The minimum atomic E-state index is -0.852. The molecule has 0 saturated carbocycles. The average Bonchev–Trinajstić information content (AvgIpc) is 3.06. The molecule has 0 amide bonds. The Morgan fingerprint density at radius 2 is 2.24 bits per heavy atom. The van der Waals surface area contributed by atoms with Gasteiger partial charge in [-0.05, 0) is 37.7 Å². The van der Waals surface area contributed by atoms with Crippen LogP contribution in [0.5, 0.6) is 0 Å². The van der Waals surface area contributed by atoms with E-state index in [0.29, 0.717) is 37.5 Å². The van der Waals surface area contributed by atoms with Crippen molar-refractivity contribution in [1.82, 2.24) is 14.3 Å². The van der Waals surface area contributed by atoms with Gasteiger partial charge >= 0.3 is 5.97 Å². The number of carboxylic acid groups (broad SMARTS) is 1. The Kier molecular flexibility index (Phi) is 5.09. The van der Waals surface area contributed by atoms with E-state index >= 15 is 0 Å². The minimum Gasteiger partial charge on any atom is -0.480 e. The number of aromatic nitrogens is 2. The van der Waals surface area contributed by atoms with E-state index in [2.05, 4.69) is 11.0 Å². The van der Waals surface area contributed by atoms with E-state index in [4.69, 9.17) is 14.8 Å². The monoisotopic (exact) mass is 393 g/mol. The van der Waals surface area contributed by atoms with Gasteiger partial charge in [0.2, 0.25) is 0 Å². The number of morpholine rings is 1. The number of likely N-dealkylation sites (N-methyl/N-ethyl adjacent to an activating group) is 1. The Hall–Kier alpha value is -3.15. The molecule has 1 saturated heterocycles. The third-order valence-corrected chi connectivity index (χ3v) is 5.25. The molecule has 1 atom stereocenters. The molecule has 8 heteroatoms. The summed E-state index contributed by atoms with van der Waals surface area (Å²) in [6, 6.07) is 12.2. The molecule has 8 nitrogen and oxygen atoms in total. The second-order valence-electron chi connectivity index (χ2n) is 7.46. The summed E-state index contributed by atoms with van der Waals surface area (Å²) >= 11 is 0. The second-order valence-corrected chi connectivity index (χ2v) is 7.46. The number of aliphatic carboxylic acids is 1. The van der Waals surface area contributed by atoms with Gasteiger partial charge in [0.05, 0.1) is 35.9 Å². The number of anilines is 1. The highest BCUT2D eigenvalue weighted by atomic mass is 16.5. The molecule has 1 fully saturated rings. The lowest BCUT2D eigenvalue weighted by molar-refractivity contribution is -0.138. The van der Waals surface area contributed by atoms with Gasteiger partial charge < -0.3 is 14.7 Å². The lowest BCUT2D eigenvalue weighted by Crippen LogP contribution is -2.48.